The summed E-state index contributed by atoms with van der Waals surface area (Å²) < 4.78 is 4.53. The van der Waals surface area contributed by atoms with Crippen LogP contribution >= 0.6 is 0 Å². The largest absolute Gasteiger partial charge is 0.309 e. The molecule has 0 bridgehead atoms. The van der Waals surface area contributed by atoms with Crippen LogP contribution in [0.25, 0.3) is 111 Å². The zero-order valence-electron chi connectivity index (χ0n) is 35.7. The van der Waals surface area contributed by atoms with Crippen molar-refractivity contribution in [2.75, 3.05) is 0 Å². The lowest BCUT2D eigenvalue weighted by Gasteiger charge is -2.14. The molecule has 0 atom stereocenters. The summed E-state index contributed by atoms with van der Waals surface area (Å²) in [6.07, 6.45) is 0. The van der Waals surface area contributed by atoms with Gasteiger partial charge in [0.15, 0.2) is 0 Å². The Kier molecular flexibility index (Phi) is 9.23. The Bertz CT molecular complexity index is 3660. The van der Waals surface area contributed by atoms with Gasteiger partial charge in [-0.3, -0.25) is 0 Å². The zero-order valence-corrected chi connectivity index (χ0v) is 35.7. The lowest BCUT2D eigenvalue weighted by atomic mass is 9.95. The molecule has 2 aromatic heterocycles. The lowest BCUT2D eigenvalue weighted by molar-refractivity contribution is 1.17. The summed E-state index contributed by atoms with van der Waals surface area (Å²) in [7, 11) is 0. The Balaban J connectivity index is 1.00. The molecule has 0 radical (unpaired) electrons. The minimum atomic E-state index is 0.490. The molecule has 12 rings (SSSR count). The van der Waals surface area contributed by atoms with Gasteiger partial charge >= 0.3 is 0 Å². The molecule has 4 heteroatoms. The van der Waals surface area contributed by atoms with Crippen molar-refractivity contribution in [2.24, 2.45) is 0 Å². The van der Waals surface area contributed by atoms with Crippen LogP contribution in [0.5, 0.6) is 0 Å². The van der Waals surface area contributed by atoms with Gasteiger partial charge in [-0.1, -0.05) is 170 Å². The van der Waals surface area contributed by atoms with E-state index in [1.54, 1.807) is 0 Å². The van der Waals surface area contributed by atoms with E-state index in [4.69, 9.17) is 0 Å². The molecule has 306 valence electrons. The lowest BCUT2D eigenvalue weighted by Crippen LogP contribution is -1.99. The summed E-state index contributed by atoms with van der Waals surface area (Å²) >= 11 is 0. The van der Waals surface area contributed by atoms with E-state index in [0.29, 0.717) is 22.3 Å². The highest BCUT2D eigenvalue weighted by Crippen LogP contribution is 2.41. The maximum Gasteiger partial charge on any atom is 0.0998 e. The fourth-order valence-electron chi connectivity index (χ4n) is 9.84. The normalized spacial score (nSPS) is 11.3. The SMILES string of the molecule is N#Cc1cc(-n2c3ccc(-c4ccccc4)cc3c3ccc(-c4ccccc4)cc32)ccc1-c1ccc(-n2c3ccc(-c4ccccc4)cc3c3ccc(-c4ccccc4)cc32)cc1C#N. The van der Waals surface area contributed by atoms with Crippen LogP contribution < -0.4 is 0 Å². The fraction of sp³-hybridized carbons (Fsp3) is 0. The number of rotatable bonds is 7. The molecule has 0 saturated heterocycles. The summed E-state index contributed by atoms with van der Waals surface area (Å²) in [4.78, 5) is 0. The number of benzene rings is 10. The highest BCUT2D eigenvalue weighted by atomic mass is 15.0. The number of fused-ring (bicyclic) bond motifs is 6. The molecule has 4 nitrogen and oxygen atoms in total. The van der Waals surface area contributed by atoms with Crippen LogP contribution in [0.2, 0.25) is 0 Å². The van der Waals surface area contributed by atoms with Gasteiger partial charge in [0.1, 0.15) is 0 Å². The number of hydrogen-bond donors (Lipinski definition) is 0. The van der Waals surface area contributed by atoms with Crippen LogP contribution in [0.15, 0.2) is 231 Å². The highest BCUT2D eigenvalue weighted by Gasteiger charge is 2.20. The first-order chi connectivity index (χ1) is 32.6. The third-order valence-corrected chi connectivity index (χ3v) is 13.0. The average Bonchev–Trinajstić information content (AvgIpc) is 3.90. The van der Waals surface area contributed by atoms with Crippen molar-refractivity contribution in [3.63, 3.8) is 0 Å². The minimum absolute atomic E-state index is 0.490. The standard InChI is InChI=1S/C62H38N4/c63-39-49-33-51(65-59-31-23-45(41-13-5-1-6-14-41)35-57(59)55-27-21-47(37-61(55)65)43-17-9-3-10-18-43)25-29-53(49)54-30-26-52(34-50(54)40-64)66-60-32-24-46(42-15-7-2-8-16-42)36-58(60)56-28-22-48(38-62(56)66)44-19-11-4-12-20-44/h1-38H. The molecule has 0 amide bonds. The second kappa shape index (κ2) is 15.8. The molecule has 0 N–H and O–H groups in total. The second-order valence-electron chi connectivity index (χ2n) is 16.7. The molecule has 2 heterocycles. The van der Waals surface area contributed by atoms with Crippen LogP contribution in [0, 0.1) is 22.7 Å². The molecule has 10 aromatic carbocycles. The first kappa shape index (κ1) is 38.5. The molecule has 66 heavy (non-hydrogen) atoms. The Hall–Kier alpha value is -9.22. The van der Waals surface area contributed by atoms with Crippen LogP contribution in [0.3, 0.4) is 0 Å². The highest BCUT2D eigenvalue weighted by molar-refractivity contribution is 6.13. The van der Waals surface area contributed by atoms with Crippen LogP contribution in [-0.4, -0.2) is 9.13 Å². The summed E-state index contributed by atoms with van der Waals surface area (Å²) in [6.45, 7) is 0. The van der Waals surface area contributed by atoms with Crippen LogP contribution in [0.4, 0.5) is 0 Å². The van der Waals surface area contributed by atoms with E-state index in [2.05, 4.69) is 203 Å². The monoisotopic (exact) mass is 838 g/mol. The molecule has 0 aliphatic heterocycles. The van der Waals surface area contributed by atoms with Crippen molar-refractivity contribution in [2.45, 2.75) is 0 Å². The van der Waals surface area contributed by atoms with Gasteiger partial charge < -0.3 is 9.13 Å². The van der Waals surface area contributed by atoms with E-state index in [1.807, 2.05) is 48.5 Å². The van der Waals surface area contributed by atoms with E-state index in [9.17, 15) is 10.5 Å². The molecule has 0 aliphatic carbocycles. The third-order valence-electron chi connectivity index (χ3n) is 13.0. The predicted molar refractivity (Wildman–Crippen MR) is 272 cm³/mol. The molecular formula is C62H38N4. The topological polar surface area (TPSA) is 57.4 Å². The van der Waals surface area contributed by atoms with Crippen molar-refractivity contribution >= 4 is 43.6 Å². The maximum absolute atomic E-state index is 10.9. The number of hydrogen-bond acceptors (Lipinski definition) is 2. The van der Waals surface area contributed by atoms with Gasteiger partial charge in [-0.05, 0) is 105 Å². The van der Waals surface area contributed by atoms with Gasteiger partial charge in [0.05, 0.1) is 45.3 Å². The molecular weight excluding hydrogens is 801 g/mol. The predicted octanol–water partition coefficient (Wildman–Crippen LogP) is 16.0. The Morgan fingerprint density at radius 2 is 0.591 bits per heavy atom. The van der Waals surface area contributed by atoms with Crippen molar-refractivity contribution < 1.29 is 0 Å². The zero-order chi connectivity index (χ0) is 44.1. The smallest absolute Gasteiger partial charge is 0.0998 e. The van der Waals surface area contributed by atoms with Crippen molar-refractivity contribution in [3.8, 4) is 79.1 Å². The summed E-state index contributed by atoms with van der Waals surface area (Å²) in [6, 6.07) is 85.4. The van der Waals surface area contributed by atoms with Gasteiger partial charge in [0.2, 0.25) is 0 Å². The molecule has 12 aromatic rings. The van der Waals surface area contributed by atoms with Gasteiger partial charge in [-0.25, -0.2) is 0 Å². The van der Waals surface area contributed by atoms with Crippen LogP contribution in [0.1, 0.15) is 11.1 Å². The number of aromatic nitrogens is 2. The van der Waals surface area contributed by atoms with E-state index in [0.717, 1.165) is 99.5 Å². The van der Waals surface area contributed by atoms with E-state index in [1.165, 1.54) is 0 Å². The molecule has 0 spiro atoms. The summed E-state index contributed by atoms with van der Waals surface area (Å²) in [5.74, 6) is 0. The van der Waals surface area contributed by atoms with Crippen molar-refractivity contribution in [1.82, 2.24) is 9.13 Å². The fourth-order valence-corrected chi connectivity index (χ4v) is 9.84. The molecule has 0 aliphatic rings. The second-order valence-corrected chi connectivity index (χ2v) is 16.7. The number of nitriles is 2. The van der Waals surface area contributed by atoms with E-state index < -0.39 is 0 Å². The summed E-state index contributed by atoms with van der Waals surface area (Å²) in [5, 5.41) is 26.3. The Morgan fingerprint density at radius 1 is 0.258 bits per heavy atom. The molecule has 0 unspecified atom stereocenters. The maximum atomic E-state index is 10.9. The Labute approximate surface area is 382 Å². The molecule has 0 fully saturated rings. The van der Waals surface area contributed by atoms with Gasteiger partial charge in [0.25, 0.3) is 0 Å². The molecule has 0 saturated carbocycles. The van der Waals surface area contributed by atoms with Gasteiger partial charge in [-0.2, -0.15) is 10.5 Å². The van der Waals surface area contributed by atoms with Crippen LogP contribution in [-0.2, 0) is 0 Å². The van der Waals surface area contributed by atoms with E-state index in [-0.39, 0.29) is 0 Å². The third kappa shape index (κ3) is 6.45. The first-order valence-electron chi connectivity index (χ1n) is 22.1. The van der Waals surface area contributed by atoms with Gasteiger partial charge in [-0.15, -0.1) is 0 Å². The van der Waals surface area contributed by atoms with Crippen molar-refractivity contribution in [1.29, 1.82) is 10.5 Å². The van der Waals surface area contributed by atoms with Gasteiger partial charge in [0, 0.05) is 44.0 Å². The van der Waals surface area contributed by atoms with E-state index >= 15 is 0 Å². The quantitative estimate of drug-likeness (QED) is 0.161. The minimum Gasteiger partial charge on any atom is -0.309 e. The first-order valence-corrected chi connectivity index (χ1v) is 22.1. The average molecular weight is 839 g/mol. The van der Waals surface area contributed by atoms with Crippen molar-refractivity contribution in [3.05, 3.63) is 242 Å². The summed E-state index contributed by atoms with van der Waals surface area (Å²) in [5.41, 5.74) is 17.4. The Morgan fingerprint density at radius 3 is 0.939 bits per heavy atom. The number of nitrogens with zero attached hydrogens (tertiary/aromatic N) is 4.